The molecule has 0 N–H and O–H groups in total. The Balaban J connectivity index is 2.35. The van der Waals surface area contributed by atoms with E-state index >= 15 is 0 Å². The van der Waals surface area contributed by atoms with Gasteiger partial charge >= 0.3 is 0 Å². The summed E-state index contributed by atoms with van der Waals surface area (Å²) in [4.78, 5) is 12.0. The Morgan fingerprint density at radius 3 is 2.85 bits per heavy atom. The summed E-state index contributed by atoms with van der Waals surface area (Å²) in [6.45, 7) is 0. The van der Waals surface area contributed by atoms with Gasteiger partial charge in [-0.3, -0.25) is 4.79 Å². The van der Waals surface area contributed by atoms with Crippen molar-refractivity contribution in [3.05, 3.63) is 34.7 Å². The predicted octanol–water partition coefficient (Wildman–Crippen LogP) is 2.34. The topological polar surface area (TPSA) is 22.0 Å². The Morgan fingerprint density at radius 2 is 2.23 bits per heavy atom. The van der Waals surface area contributed by atoms with Gasteiger partial charge < -0.3 is 4.57 Å². The maximum absolute atomic E-state index is 11.5. The van der Waals surface area contributed by atoms with Crippen LogP contribution in [0.15, 0.2) is 29.2 Å². The fourth-order valence-corrected chi connectivity index (χ4v) is 2.77. The van der Waals surface area contributed by atoms with E-state index in [1.165, 1.54) is 12.8 Å². The number of pyridine rings is 1. The molecule has 2 nitrogen and oxygen atoms in total. The molecule has 0 saturated heterocycles. The van der Waals surface area contributed by atoms with Crippen LogP contribution in [0.3, 0.4) is 0 Å². The van der Waals surface area contributed by atoms with E-state index in [2.05, 4.69) is 15.9 Å². The highest BCUT2D eigenvalue weighted by molar-refractivity contribution is 9.09. The lowest BCUT2D eigenvalue weighted by Gasteiger charge is -2.16. The van der Waals surface area contributed by atoms with E-state index in [1.807, 2.05) is 16.8 Å². The van der Waals surface area contributed by atoms with E-state index in [9.17, 15) is 4.79 Å². The molecule has 2 unspecified atom stereocenters. The molecule has 1 fully saturated rings. The molecule has 0 aromatic carbocycles. The largest absolute Gasteiger partial charge is 0.311 e. The van der Waals surface area contributed by atoms with E-state index < -0.39 is 0 Å². The molecule has 1 aromatic rings. The summed E-state index contributed by atoms with van der Waals surface area (Å²) in [6.07, 6.45) is 5.38. The van der Waals surface area contributed by atoms with Crippen molar-refractivity contribution in [2.45, 2.75) is 30.1 Å². The lowest BCUT2D eigenvalue weighted by molar-refractivity contribution is 0.515. The first-order chi connectivity index (χ1) is 6.29. The molecule has 1 aromatic heterocycles. The second-order valence-electron chi connectivity index (χ2n) is 3.46. The van der Waals surface area contributed by atoms with E-state index in [4.69, 9.17) is 0 Å². The van der Waals surface area contributed by atoms with Crippen molar-refractivity contribution in [3.8, 4) is 0 Å². The molecule has 0 bridgehead atoms. The quantitative estimate of drug-likeness (QED) is 0.693. The van der Waals surface area contributed by atoms with Gasteiger partial charge in [0, 0.05) is 23.1 Å². The van der Waals surface area contributed by atoms with Crippen molar-refractivity contribution in [1.29, 1.82) is 0 Å². The molecule has 0 radical (unpaired) electrons. The molecule has 2 rings (SSSR count). The van der Waals surface area contributed by atoms with Gasteiger partial charge in [0.1, 0.15) is 0 Å². The molecule has 13 heavy (non-hydrogen) atoms. The normalized spacial score (nSPS) is 27.8. The maximum Gasteiger partial charge on any atom is 0.250 e. The molecule has 1 aliphatic rings. The number of nitrogens with zero attached hydrogens (tertiary/aromatic N) is 1. The molecule has 3 heteroatoms. The number of halogens is 1. The summed E-state index contributed by atoms with van der Waals surface area (Å²) >= 11 is 3.62. The van der Waals surface area contributed by atoms with Gasteiger partial charge in [-0.2, -0.15) is 0 Å². The van der Waals surface area contributed by atoms with E-state index in [1.54, 1.807) is 12.1 Å². The average molecular weight is 242 g/mol. The summed E-state index contributed by atoms with van der Waals surface area (Å²) in [5, 5.41) is 0. The predicted molar refractivity (Wildman–Crippen MR) is 56.3 cm³/mol. The van der Waals surface area contributed by atoms with Gasteiger partial charge in [0.2, 0.25) is 0 Å². The number of hydrogen-bond donors (Lipinski definition) is 0. The van der Waals surface area contributed by atoms with E-state index in [-0.39, 0.29) is 5.56 Å². The first-order valence-electron chi connectivity index (χ1n) is 4.60. The summed E-state index contributed by atoms with van der Waals surface area (Å²) in [5.41, 5.74) is 0.110. The van der Waals surface area contributed by atoms with Crippen LogP contribution in [0, 0.1) is 0 Å². The molecule has 0 spiro atoms. The van der Waals surface area contributed by atoms with Crippen LogP contribution >= 0.6 is 15.9 Å². The number of alkyl halides is 1. The van der Waals surface area contributed by atoms with Gasteiger partial charge in [-0.15, -0.1) is 0 Å². The highest BCUT2D eigenvalue weighted by Crippen LogP contribution is 2.34. The van der Waals surface area contributed by atoms with Crippen molar-refractivity contribution in [2.24, 2.45) is 0 Å². The second kappa shape index (κ2) is 3.66. The summed E-state index contributed by atoms with van der Waals surface area (Å²) in [6, 6.07) is 5.68. The summed E-state index contributed by atoms with van der Waals surface area (Å²) in [7, 11) is 0. The van der Waals surface area contributed by atoms with Gasteiger partial charge in [-0.05, 0) is 18.9 Å². The van der Waals surface area contributed by atoms with Crippen molar-refractivity contribution in [1.82, 2.24) is 4.57 Å². The Hall–Kier alpha value is -0.570. The first kappa shape index (κ1) is 9.00. The highest BCUT2D eigenvalue weighted by atomic mass is 79.9. The molecule has 2 atom stereocenters. The molecular formula is C10H12BrNO. The standard InChI is InChI=1S/C10H12BrNO/c11-8-4-3-5-9(8)12-7-2-1-6-10(12)13/h1-2,6-9H,3-5H2. The molecule has 70 valence electrons. The minimum absolute atomic E-state index is 0.110. The Morgan fingerprint density at radius 1 is 1.38 bits per heavy atom. The highest BCUT2D eigenvalue weighted by Gasteiger charge is 2.26. The molecule has 0 aliphatic heterocycles. The third-order valence-corrected chi connectivity index (χ3v) is 3.67. The van der Waals surface area contributed by atoms with Crippen LogP contribution in [0.25, 0.3) is 0 Å². The summed E-state index contributed by atoms with van der Waals surface area (Å²) in [5.74, 6) is 0. The lowest BCUT2D eigenvalue weighted by Crippen LogP contribution is -2.25. The van der Waals surface area contributed by atoms with Crippen molar-refractivity contribution in [2.75, 3.05) is 0 Å². The van der Waals surface area contributed by atoms with Crippen LogP contribution < -0.4 is 5.56 Å². The van der Waals surface area contributed by atoms with Crippen LogP contribution in [0.1, 0.15) is 25.3 Å². The van der Waals surface area contributed by atoms with Crippen LogP contribution in [0.5, 0.6) is 0 Å². The van der Waals surface area contributed by atoms with Crippen molar-refractivity contribution < 1.29 is 0 Å². The molecule has 0 amide bonds. The van der Waals surface area contributed by atoms with Crippen LogP contribution in [0.4, 0.5) is 0 Å². The van der Waals surface area contributed by atoms with Crippen molar-refractivity contribution in [3.63, 3.8) is 0 Å². The maximum atomic E-state index is 11.5. The molecular weight excluding hydrogens is 230 g/mol. The van der Waals surface area contributed by atoms with Crippen LogP contribution in [-0.2, 0) is 0 Å². The fourth-order valence-electron chi connectivity index (χ4n) is 1.92. The van der Waals surface area contributed by atoms with Gasteiger partial charge in [0.15, 0.2) is 0 Å². The minimum Gasteiger partial charge on any atom is -0.311 e. The van der Waals surface area contributed by atoms with Gasteiger partial charge in [-0.1, -0.05) is 28.4 Å². The monoisotopic (exact) mass is 241 g/mol. The Kier molecular flexibility index (Phi) is 2.54. The number of rotatable bonds is 1. The van der Waals surface area contributed by atoms with Crippen molar-refractivity contribution >= 4 is 15.9 Å². The summed E-state index contributed by atoms with van der Waals surface area (Å²) < 4.78 is 1.84. The van der Waals surface area contributed by atoms with E-state index in [0.29, 0.717) is 10.9 Å². The lowest BCUT2D eigenvalue weighted by atomic mass is 10.2. The molecule has 1 saturated carbocycles. The van der Waals surface area contributed by atoms with Crippen LogP contribution in [-0.4, -0.2) is 9.39 Å². The zero-order valence-electron chi connectivity index (χ0n) is 7.32. The zero-order chi connectivity index (χ0) is 9.26. The zero-order valence-corrected chi connectivity index (χ0v) is 8.90. The second-order valence-corrected chi connectivity index (χ2v) is 4.64. The third kappa shape index (κ3) is 1.70. The number of hydrogen-bond acceptors (Lipinski definition) is 1. The first-order valence-corrected chi connectivity index (χ1v) is 5.52. The van der Waals surface area contributed by atoms with E-state index in [0.717, 1.165) is 6.42 Å². The van der Waals surface area contributed by atoms with Crippen LogP contribution in [0.2, 0.25) is 0 Å². The average Bonchev–Trinajstić information content (AvgIpc) is 2.52. The minimum atomic E-state index is 0.110. The van der Waals surface area contributed by atoms with Gasteiger partial charge in [-0.25, -0.2) is 0 Å². The SMILES string of the molecule is O=c1ccccn1C1CCCC1Br. The molecule has 1 aliphatic carbocycles. The smallest absolute Gasteiger partial charge is 0.250 e. The molecule has 1 heterocycles. The third-order valence-electron chi connectivity index (χ3n) is 2.61. The van der Waals surface area contributed by atoms with Gasteiger partial charge in [0.05, 0.1) is 0 Å². The number of aromatic nitrogens is 1. The Labute approximate surface area is 85.7 Å². The van der Waals surface area contributed by atoms with Gasteiger partial charge in [0.25, 0.3) is 5.56 Å². The Bertz CT molecular complexity index is 347. The fraction of sp³-hybridized carbons (Fsp3) is 0.500.